The fraction of sp³-hybridized carbons (Fsp3) is 0.467. The molecule has 2 heterocycles. The van der Waals surface area contributed by atoms with Crippen LogP contribution in [0.3, 0.4) is 0 Å². The largest absolute Gasteiger partial charge is 0.497 e. The van der Waals surface area contributed by atoms with Crippen LogP contribution in [0.1, 0.15) is 10.9 Å². The fourth-order valence-electron chi connectivity index (χ4n) is 2.58. The highest BCUT2D eigenvalue weighted by Gasteiger charge is 2.37. The highest BCUT2D eigenvalue weighted by molar-refractivity contribution is 8.00. The molecule has 1 amide bonds. The zero-order valence-corrected chi connectivity index (χ0v) is 13.8. The number of hydrogen-bond acceptors (Lipinski definition) is 6. The van der Waals surface area contributed by atoms with Crippen LogP contribution < -0.4 is 10.1 Å². The van der Waals surface area contributed by atoms with Gasteiger partial charge in [0.05, 0.1) is 30.5 Å². The molecule has 22 heavy (non-hydrogen) atoms. The van der Waals surface area contributed by atoms with Gasteiger partial charge in [0.2, 0.25) is 5.91 Å². The average molecular weight is 335 g/mol. The summed E-state index contributed by atoms with van der Waals surface area (Å²) < 4.78 is 5.25. The number of methoxy groups -OCH3 is 1. The van der Waals surface area contributed by atoms with Gasteiger partial charge in [0.1, 0.15) is 11.8 Å². The smallest absolute Gasteiger partial charge is 0.242 e. The SMILES string of the molecule is COc1cccc(C2N[C@H](C(=O)N3CSC[C@H]3C#N)CS2)c1. The number of rotatable bonds is 3. The summed E-state index contributed by atoms with van der Waals surface area (Å²) in [5.74, 6) is 2.90. The summed E-state index contributed by atoms with van der Waals surface area (Å²) in [7, 11) is 1.65. The van der Waals surface area contributed by atoms with Crippen molar-refractivity contribution in [1.29, 1.82) is 5.26 Å². The minimum absolute atomic E-state index is 0.0365. The van der Waals surface area contributed by atoms with Gasteiger partial charge in [-0.05, 0) is 17.7 Å². The first-order valence-electron chi connectivity index (χ1n) is 7.02. The lowest BCUT2D eigenvalue weighted by Gasteiger charge is -2.22. The lowest BCUT2D eigenvalue weighted by molar-refractivity contribution is -0.132. The van der Waals surface area contributed by atoms with Crippen LogP contribution in [0.2, 0.25) is 0 Å². The molecule has 1 aromatic carbocycles. The molecule has 0 aliphatic carbocycles. The van der Waals surface area contributed by atoms with Crippen molar-refractivity contribution in [1.82, 2.24) is 10.2 Å². The maximum atomic E-state index is 12.6. The van der Waals surface area contributed by atoms with Crippen LogP contribution >= 0.6 is 23.5 Å². The van der Waals surface area contributed by atoms with Crippen LogP contribution in [-0.2, 0) is 4.79 Å². The monoisotopic (exact) mass is 335 g/mol. The molecule has 0 radical (unpaired) electrons. The van der Waals surface area contributed by atoms with E-state index in [2.05, 4.69) is 11.4 Å². The lowest BCUT2D eigenvalue weighted by Crippen LogP contribution is -2.47. The molecule has 1 aromatic rings. The summed E-state index contributed by atoms with van der Waals surface area (Å²) in [4.78, 5) is 14.3. The zero-order valence-electron chi connectivity index (χ0n) is 12.2. The minimum Gasteiger partial charge on any atom is -0.497 e. The second-order valence-corrected chi connectivity index (χ2v) is 7.30. The zero-order chi connectivity index (χ0) is 15.5. The van der Waals surface area contributed by atoms with Gasteiger partial charge in [-0.15, -0.1) is 23.5 Å². The number of carbonyl (C=O) groups excluding carboxylic acids is 1. The van der Waals surface area contributed by atoms with Crippen molar-refractivity contribution in [2.24, 2.45) is 0 Å². The van der Waals surface area contributed by atoms with Gasteiger partial charge in [-0.1, -0.05) is 12.1 Å². The number of nitriles is 1. The molecule has 2 fully saturated rings. The maximum Gasteiger partial charge on any atom is 0.242 e. The summed E-state index contributed by atoms with van der Waals surface area (Å²) in [6.07, 6.45) is 0. The second-order valence-electron chi connectivity index (χ2n) is 5.16. The third-order valence-corrected chi connectivity index (χ3v) is 6.07. The number of thioether (sulfide) groups is 2. The van der Waals surface area contributed by atoms with E-state index in [0.717, 1.165) is 17.1 Å². The molecule has 7 heteroatoms. The molecule has 1 unspecified atom stereocenters. The Bertz CT molecular complexity index is 605. The van der Waals surface area contributed by atoms with Crippen LogP contribution in [0.5, 0.6) is 5.75 Å². The Morgan fingerprint density at radius 3 is 3.14 bits per heavy atom. The molecule has 5 nitrogen and oxygen atoms in total. The van der Waals surface area contributed by atoms with E-state index in [4.69, 9.17) is 10.00 Å². The number of nitrogens with one attached hydrogen (secondary N) is 1. The molecular weight excluding hydrogens is 318 g/mol. The predicted octanol–water partition coefficient (Wildman–Crippen LogP) is 1.82. The first-order chi connectivity index (χ1) is 10.7. The van der Waals surface area contributed by atoms with E-state index in [1.807, 2.05) is 24.3 Å². The van der Waals surface area contributed by atoms with Gasteiger partial charge in [-0.3, -0.25) is 10.1 Å². The van der Waals surface area contributed by atoms with E-state index in [1.54, 1.807) is 35.5 Å². The molecule has 116 valence electrons. The Labute approximate surface area is 138 Å². The highest BCUT2D eigenvalue weighted by atomic mass is 32.2. The first kappa shape index (κ1) is 15.5. The van der Waals surface area contributed by atoms with Gasteiger partial charge in [0, 0.05) is 11.5 Å². The number of nitrogens with zero attached hydrogens (tertiary/aromatic N) is 2. The van der Waals surface area contributed by atoms with E-state index in [9.17, 15) is 4.79 Å². The molecule has 0 spiro atoms. The van der Waals surface area contributed by atoms with Gasteiger partial charge in [-0.25, -0.2) is 0 Å². The maximum absolute atomic E-state index is 12.6. The van der Waals surface area contributed by atoms with Gasteiger partial charge >= 0.3 is 0 Å². The quantitative estimate of drug-likeness (QED) is 0.909. The summed E-state index contributed by atoms with van der Waals surface area (Å²) in [5, 5.41) is 12.6. The fourth-order valence-corrected chi connectivity index (χ4v) is 4.89. The first-order valence-corrected chi connectivity index (χ1v) is 9.22. The topological polar surface area (TPSA) is 65.4 Å². The number of amides is 1. The number of hydrogen-bond donors (Lipinski definition) is 1. The molecule has 1 N–H and O–H groups in total. The Balaban J connectivity index is 1.67. The molecule has 2 saturated heterocycles. The molecule has 0 bridgehead atoms. The van der Waals surface area contributed by atoms with E-state index in [1.165, 1.54) is 0 Å². The van der Waals surface area contributed by atoms with Crippen molar-refractivity contribution in [3.63, 3.8) is 0 Å². The van der Waals surface area contributed by atoms with E-state index < -0.39 is 0 Å². The summed E-state index contributed by atoms with van der Waals surface area (Å²) in [5.41, 5.74) is 1.10. The minimum atomic E-state index is -0.292. The number of ether oxygens (including phenoxy) is 1. The Hall–Kier alpha value is -1.36. The predicted molar refractivity (Wildman–Crippen MR) is 88.7 cm³/mol. The van der Waals surface area contributed by atoms with Crippen molar-refractivity contribution in [2.75, 3.05) is 24.5 Å². The molecule has 2 aliphatic rings. The van der Waals surface area contributed by atoms with Crippen LogP contribution in [0.4, 0.5) is 0 Å². The van der Waals surface area contributed by atoms with Crippen molar-refractivity contribution < 1.29 is 9.53 Å². The molecule has 2 aliphatic heterocycles. The summed E-state index contributed by atoms with van der Waals surface area (Å²) in [6.45, 7) is 0. The van der Waals surface area contributed by atoms with Gasteiger partial charge in [0.15, 0.2) is 0 Å². The van der Waals surface area contributed by atoms with Crippen LogP contribution in [0, 0.1) is 11.3 Å². The molecular formula is C15H17N3O2S2. The Morgan fingerprint density at radius 1 is 1.50 bits per heavy atom. The van der Waals surface area contributed by atoms with Crippen molar-refractivity contribution in [3.8, 4) is 11.8 Å². The van der Waals surface area contributed by atoms with Crippen molar-refractivity contribution >= 4 is 29.4 Å². The van der Waals surface area contributed by atoms with Crippen LogP contribution in [0.15, 0.2) is 24.3 Å². The van der Waals surface area contributed by atoms with Gasteiger partial charge in [-0.2, -0.15) is 5.26 Å². The van der Waals surface area contributed by atoms with E-state index >= 15 is 0 Å². The number of benzene rings is 1. The highest BCUT2D eigenvalue weighted by Crippen LogP contribution is 2.35. The van der Waals surface area contributed by atoms with E-state index in [0.29, 0.717) is 11.6 Å². The lowest BCUT2D eigenvalue weighted by atomic mass is 10.2. The Kier molecular flexibility index (Phi) is 4.81. The third kappa shape index (κ3) is 3.05. The van der Waals surface area contributed by atoms with Crippen molar-refractivity contribution in [2.45, 2.75) is 17.5 Å². The summed E-state index contributed by atoms with van der Waals surface area (Å²) in [6, 6.07) is 9.57. The Morgan fingerprint density at radius 2 is 2.36 bits per heavy atom. The third-order valence-electron chi connectivity index (χ3n) is 3.79. The average Bonchev–Trinajstić information content (AvgIpc) is 3.23. The standard InChI is InChI=1S/C15H17N3O2S2/c1-20-12-4-2-3-10(5-12)14-17-13(8-22-14)15(19)18-9-21-7-11(18)6-16/h2-5,11,13-14,17H,7-9H2,1H3/t11-,13+,14?/m1/s1. The number of carbonyl (C=O) groups is 1. The van der Waals surface area contributed by atoms with E-state index in [-0.39, 0.29) is 23.4 Å². The molecule has 0 saturated carbocycles. The summed E-state index contributed by atoms with van der Waals surface area (Å²) >= 11 is 3.35. The normalized spacial score (nSPS) is 27.6. The second kappa shape index (κ2) is 6.82. The van der Waals surface area contributed by atoms with Gasteiger partial charge < -0.3 is 9.64 Å². The van der Waals surface area contributed by atoms with Crippen LogP contribution in [0.25, 0.3) is 0 Å². The van der Waals surface area contributed by atoms with Crippen molar-refractivity contribution in [3.05, 3.63) is 29.8 Å². The van der Waals surface area contributed by atoms with Crippen LogP contribution in [-0.4, -0.2) is 47.4 Å². The molecule has 0 aromatic heterocycles. The molecule has 3 rings (SSSR count). The molecule has 3 atom stereocenters. The van der Waals surface area contributed by atoms with Gasteiger partial charge in [0.25, 0.3) is 0 Å².